The standard InChI is InChI=1S/C20H25N/c1-2-3-14-21-15-13-20(17-9-5-4-6-10-17)19-12-8-7-11-18(19)16-21/h4-12,20H,2-3,13-16H2,1H3/t20-/m0/s1. The van der Waals surface area contributed by atoms with Crippen molar-refractivity contribution in [1.29, 1.82) is 0 Å². The van der Waals surface area contributed by atoms with Crippen LogP contribution in [0.2, 0.25) is 0 Å². The van der Waals surface area contributed by atoms with Gasteiger partial charge in [0.25, 0.3) is 0 Å². The molecule has 0 fully saturated rings. The monoisotopic (exact) mass is 279 g/mol. The maximum absolute atomic E-state index is 2.63. The first kappa shape index (κ1) is 14.3. The fourth-order valence-electron chi connectivity index (χ4n) is 3.41. The molecule has 2 aromatic rings. The van der Waals surface area contributed by atoms with Gasteiger partial charge in [-0.3, -0.25) is 4.90 Å². The maximum Gasteiger partial charge on any atom is 0.0236 e. The molecule has 1 heteroatoms. The van der Waals surface area contributed by atoms with Gasteiger partial charge in [0.15, 0.2) is 0 Å². The van der Waals surface area contributed by atoms with Crippen molar-refractivity contribution < 1.29 is 0 Å². The minimum absolute atomic E-state index is 0.550. The van der Waals surface area contributed by atoms with Crippen LogP contribution in [0.4, 0.5) is 0 Å². The largest absolute Gasteiger partial charge is 0.299 e. The summed E-state index contributed by atoms with van der Waals surface area (Å²) in [7, 11) is 0. The van der Waals surface area contributed by atoms with Gasteiger partial charge in [-0.05, 0) is 42.6 Å². The van der Waals surface area contributed by atoms with Crippen molar-refractivity contribution in [2.45, 2.75) is 38.6 Å². The van der Waals surface area contributed by atoms with Crippen LogP contribution in [0.25, 0.3) is 0 Å². The van der Waals surface area contributed by atoms with Gasteiger partial charge in [-0.25, -0.2) is 0 Å². The summed E-state index contributed by atoms with van der Waals surface area (Å²) < 4.78 is 0. The number of hydrogen-bond acceptors (Lipinski definition) is 1. The highest BCUT2D eigenvalue weighted by molar-refractivity contribution is 5.38. The molecule has 0 amide bonds. The smallest absolute Gasteiger partial charge is 0.0236 e. The Hall–Kier alpha value is -1.60. The minimum Gasteiger partial charge on any atom is -0.299 e. The lowest BCUT2D eigenvalue weighted by molar-refractivity contribution is 0.263. The Kier molecular flexibility index (Phi) is 4.72. The van der Waals surface area contributed by atoms with Crippen LogP contribution >= 0.6 is 0 Å². The first-order chi connectivity index (χ1) is 10.4. The predicted molar refractivity (Wildman–Crippen MR) is 89.5 cm³/mol. The summed E-state index contributed by atoms with van der Waals surface area (Å²) in [5.74, 6) is 0.550. The third-order valence-corrected chi connectivity index (χ3v) is 4.59. The number of benzene rings is 2. The van der Waals surface area contributed by atoms with E-state index in [0.29, 0.717) is 5.92 Å². The summed E-state index contributed by atoms with van der Waals surface area (Å²) in [6, 6.07) is 20.0. The van der Waals surface area contributed by atoms with E-state index in [9.17, 15) is 0 Å². The Morgan fingerprint density at radius 2 is 1.76 bits per heavy atom. The van der Waals surface area contributed by atoms with Gasteiger partial charge >= 0.3 is 0 Å². The molecule has 0 radical (unpaired) electrons. The average Bonchev–Trinajstić information content (AvgIpc) is 2.73. The Morgan fingerprint density at radius 3 is 2.57 bits per heavy atom. The van der Waals surface area contributed by atoms with Crippen LogP contribution in [0, 0.1) is 0 Å². The van der Waals surface area contributed by atoms with Crippen LogP contribution in [0.15, 0.2) is 54.6 Å². The summed E-state index contributed by atoms with van der Waals surface area (Å²) in [5, 5.41) is 0. The molecule has 21 heavy (non-hydrogen) atoms. The third kappa shape index (κ3) is 3.36. The van der Waals surface area contributed by atoms with Gasteiger partial charge in [0, 0.05) is 12.5 Å². The van der Waals surface area contributed by atoms with Gasteiger partial charge in [-0.1, -0.05) is 67.9 Å². The molecule has 1 nitrogen and oxygen atoms in total. The van der Waals surface area contributed by atoms with E-state index in [1.165, 1.54) is 49.0 Å². The number of hydrogen-bond donors (Lipinski definition) is 0. The van der Waals surface area contributed by atoms with E-state index in [0.717, 1.165) is 6.54 Å². The molecule has 0 unspecified atom stereocenters. The lowest BCUT2D eigenvalue weighted by Gasteiger charge is -2.20. The van der Waals surface area contributed by atoms with Crippen LogP contribution in [-0.2, 0) is 6.54 Å². The van der Waals surface area contributed by atoms with Crippen molar-refractivity contribution in [3.8, 4) is 0 Å². The molecule has 3 rings (SSSR count). The maximum atomic E-state index is 2.63. The van der Waals surface area contributed by atoms with E-state index >= 15 is 0 Å². The van der Waals surface area contributed by atoms with E-state index in [-0.39, 0.29) is 0 Å². The molecule has 0 N–H and O–H groups in total. The van der Waals surface area contributed by atoms with Gasteiger partial charge in [0.1, 0.15) is 0 Å². The summed E-state index contributed by atoms with van der Waals surface area (Å²) >= 11 is 0. The second kappa shape index (κ2) is 6.91. The van der Waals surface area contributed by atoms with Crippen molar-refractivity contribution in [1.82, 2.24) is 4.90 Å². The molecule has 0 spiro atoms. The fraction of sp³-hybridized carbons (Fsp3) is 0.400. The Balaban J connectivity index is 1.90. The number of unbranched alkanes of at least 4 members (excludes halogenated alkanes) is 1. The van der Waals surface area contributed by atoms with Gasteiger partial charge in [0.2, 0.25) is 0 Å². The molecule has 1 aliphatic rings. The Labute approximate surface area is 128 Å². The second-order valence-electron chi connectivity index (χ2n) is 6.08. The number of rotatable bonds is 4. The first-order valence-corrected chi connectivity index (χ1v) is 8.23. The molecule has 1 aliphatic heterocycles. The van der Waals surface area contributed by atoms with Crippen LogP contribution in [-0.4, -0.2) is 18.0 Å². The number of fused-ring (bicyclic) bond motifs is 1. The first-order valence-electron chi connectivity index (χ1n) is 8.23. The normalized spacial score (nSPS) is 19.0. The zero-order chi connectivity index (χ0) is 14.5. The van der Waals surface area contributed by atoms with E-state index in [4.69, 9.17) is 0 Å². The van der Waals surface area contributed by atoms with Crippen LogP contribution in [0.5, 0.6) is 0 Å². The molecule has 1 heterocycles. The molecule has 0 bridgehead atoms. The summed E-state index contributed by atoms with van der Waals surface area (Å²) in [5.41, 5.74) is 4.50. The SMILES string of the molecule is CCCCN1CC[C@@H](c2ccccc2)c2ccccc2C1. The predicted octanol–water partition coefficient (Wildman–Crippen LogP) is 4.82. The van der Waals surface area contributed by atoms with Gasteiger partial charge < -0.3 is 0 Å². The highest BCUT2D eigenvalue weighted by Gasteiger charge is 2.22. The van der Waals surface area contributed by atoms with Crippen LogP contribution in [0.1, 0.15) is 48.8 Å². The summed E-state index contributed by atoms with van der Waals surface area (Å²) in [4.78, 5) is 2.63. The Bertz CT molecular complexity index is 561. The van der Waals surface area contributed by atoms with E-state index < -0.39 is 0 Å². The topological polar surface area (TPSA) is 3.24 Å². The van der Waals surface area contributed by atoms with Gasteiger partial charge in [0.05, 0.1) is 0 Å². The molecule has 0 aromatic heterocycles. The molecule has 0 aliphatic carbocycles. The molecule has 1 atom stereocenters. The van der Waals surface area contributed by atoms with Crippen molar-refractivity contribution in [2.24, 2.45) is 0 Å². The van der Waals surface area contributed by atoms with Crippen molar-refractivity contribution in [2.75, 3.05) is 13.1 Å². The lowest BCUT2D eigenvalue weighted by Crippen LogP contribution is -2.24. The number of nitrogens with zero attached hydrogens (tertiary/aromatic N) is 1. The van der Waals surface area contributed by atoms with Crippen molar-refractivity contribution in [3.63, 3.8) is 0 Å². The van der Waals surface area contributed by atoms with Crippen LogP contribution in [0.3, 0.4) is 0 Å². The van der Waals surface area contributed by atoms with Crippen molar-refractivity contribution in [3.05, 3.63) is 71.3 Å². The van der Waals surface area contributed by atoms with E-state index in [2.05, 4.69) is 66.4 Å². The summed E-state index contributed by atoms with van der Waals surface area (Å²) in [6.45, 7) is 5.82. The minimum atomic E-state index is 0.550. The molecule has 0 saturated heterocycles. The lowest BCUT2D eigenvalue weighted by atomic mass is 9.87. The second-order valence-corrected chi connectivity index (χ2v) is 6.08. The van der Waals surface area contributed by atoms with Crippen LogP contribution < -0.4 is 0 Å². The molecule has 0 saturated carbocycles. The average molecular weight is 279 g/mol. The zero-order valence-corrected chi connectivity index (χ0v) is 13.0. The molecule has 110 valence electrons. The van der Waals surface area contributed by atoms with Gasteiger partial charge in [-0.15, -0.1) is 0 Å². The van der Waals surface area contributed by atoms with Crippen molar-refractivity contribution >= 4 is 0 Å². The fourth-order valence-corrected chi connectivity index (χ4v) is 3.41. The molecular formula is C20H25N. The van der Waals surface area contributed by atoms with Gasteiger partial charge in [-0.2, -0.15) is 0 Å². The Morgan fingerprint density at radius 1 is 1.00 bits per heavy atom. The molecule has 2 aromatic carbocycles. The quantitative estimate of drug-likeness (QED) is 0.775. The zero-order valence-electron chi connectivity index (χ0n) is 13.0. The van der Waals surface area contributed by atoms with E-state index in [1.54, 1.807) is 0 Å². The highest BCUT2D eigenvalue weighted by Crippen LogP contribution is 2.33. The molecular weight excluding hydrogens is 254 g/mol. The summed E-state index contributed by atoms with van der Waals surface area (Å²) in [6.07, 6.45) is 3.81. The third-order valence-electron chi connectivity index (χ3n) is 4.59. The van der Waals surface area contributed by atoms with E-state index in [1.807, 2.05) is 0 Å². The highest BCUT2D eigenvalue weighted by atomic mass is 15.1.